The molecule has 5 nitrogen and oxygen atoms in total. The first-order valence-electron chi connectivity index (χ1n) is 11.0. The van der Waals surface area contributed by atoms with E-state index in [1.165, 1.54) is 11.6 Å². The molecule has 0 aliphatic carbocycles. The lowest BCUT2D eigenvalue weighted by molar-refractivity contribution is 0.00716. The Morgan fingerprint density at radius 2 is 1.65 bits per heavy atom. The fraction of sp³-hybridized carbons (Fsp3) is 0.520. The number of hydrogen-bond acceptors (Lipinski definition) is 5. The molecular formula is C25H35FN2O3. The third-order valence-corrected chi connectivity index (χ3v) is 5.56. The van der Waals surface area contributed by atoms with Crippen molar-refractivity contribution in [1.82, 2.24) is 4.90 Å². The zero-order valence-corrected chi connectivity index (χ0v) is 18.9. The average Bonchev–Trinajstić information content (AvgIpc) is 2.74. The number of benzene rings is 2. The van der Waals surface area contributed by atoms with Gasteiger partial charge in [0, 0.05) is 32.7 Å². The highest BCUT2D eigenvalue weighted by Crippen LogP contribution is 2.24. The minimum absolute atomic E-state index is 0.127. The van der Waals surface area contributed by atoms with Gasteiger partial charge >= 0.3 is 0 Å². The number of hydrogen-bond donors (Lipinski definition) is 1. The van der Waals surface area contributed by atoms with Crippen LogP contribution in [-0.4, -0.2) is 68.7 Å². The van der Waals surface area contributed by atoms with Gasteiger partial charge in [-0.05, 0) is 35.2 Å². The number of β-amino-alcohol motifs (C(OH)–C–C–N with tert-alkyl or cyclic N) is 1. The summed E-state index contributed by atoms with van der Waals surface area (Å²) in [6.45, 7) is 11.3. The Kier molecular flexibility index (Phi) is 8.29. The fourth-order valence-corrected chi connectivity index (χ4v) is 3.72. The van der Waals surface area contributed by atoms with E-state index in [2.05, 4.69) is 42.7 Å². The second-order valence-corrected chi connectivity index (χ2v) is 9.09. The summed E-state index contributed by atoms with van der Waals surface area (Å²) in [5.74, 6) is 0.640. The van der Waals surface area contributed by atoms with E-state index in [1.54, 1.807) is 6.07 Å². The zero-order valence-electron chi connectivity index (χ0n) is 18.9. The molecule has 1 N–H and O–H groups in total. The standard InChI is InChI=1S/C25H35FN2O3/c1-25(2,3)20-8-10-22(11-9-20)31-17-16-30-19-21(29)18-27-12-14-28(15-13-27)24-7-5-4-6-23(24)26/h4-11,21,29H,12-19H2,1-3H3/t21-/m1/s1. The van der Waals surface area contributed by atoms with Crippen LogP contribution in [0.3, 0.4) is 0 Å². The van der Waals surface area contributed by atoms with Crippen LogP contribution < -0.4 is 9.64 Å². The molecule has 1 fully saturated rings. The molecule has 0 unspecified atom stereocenters. The number of piperazine rings is 1. The molecule has 3 rings (SSSR count). The molecular weight excluding hydrogens is 395 g/mol. The highest BCUT2D eigenvalue weighted by Gasteiger charge is 2.21. The maximum absolute atomic E-state index is 13.9. The van der Waals surface area contributed by atoms with Gasteiger partial charge in [0.05, 0.1) is 25.0 Å². The predicted molar refractivity (Wildman–Crippen MR) is 123 cm³/mol. The van der Waals surface area contributed by atoms with Gasteiger partial charge in [0.25, 0.3) is 0 Å². The molecule has 1 atom stereocenters. The topological polar surface area (TPSA) is 45.2 Å². The van der Waals surface area contributed by atoms with Gasteiger partial charge in [0.2, 0.25) is 0 Å². The largest absolute Gasteiger partial charge is 0.491 e. The number of rotatable bonds is 9. The lowest BCUT2D eigenvalue weighted by Gasteiger charge is -2.36. The number of nitrogens with zero attached hydrogens (tertiary/aromatic N) is 2. The number of aliphatic hydroxyl groups is 1. The summed E-state index contributed by atoms with van der Waals surface area (Å²) in [5, 5.41) is 10.3. The molecule has 0 saturated carbocycles. The number of para-hydroxylation sites is 1. The van der Waals surface area contributed by atoms with E-state index in [0.29, 0.717) is 25.4 Å². The molecule has 31 heavy (non-hydrogen) atoms. The number of aliphatic hydroxyl groups excluding tert-OH is 1. The van der Waals surface area contributed by atoms with Crippen LogP contribution in [0, 0.1) is 5.82 Å². The van der Waals surface area contributed by atoms with E-state index in [1.807, 2.05) is 24.3 Å². The molecule has 2 aromatic carbocycles. The van der Waals surface area contributed by atoms with E-state index >= 15 is 0 Å². The van der Waals surface area contributed by atoms with Gasteiger partial charge in [-0.2, -0.15) is 0 Å². The van der Waals surface area contributed by atoms with Gasteiger partial charge in [-0.15, -0.1) is 0 Å². The average molecular weight is 431 g/mol. The van der Waals surface area contributed by atoms with Crippen molar-refractivity contribution in [1.29, 1.82) is 0 Å². The van der Waals surface area contributed by atoms with Gasteiger partial charge in [-0.1, -0.05) is 45.0 Å². The quantitative estimate of drug-likeness (QED) is 0.615. The molecule has 1 saturated heterocycles. The molecule has 2 aromatic rings. The monoisotopic (exact) mass is 430 g/mol. The highest BCUT2D eigenvalue weighted by atomic mass is 19.1. The van der Waals surface area contributed by atoms with Crippen LogP contribution >= 0.6 is 0 Å². The van der Waals surface area contributed by atoms with Crippen LogP contribution in [0.25, 0.3) is 0 Å². The molecule has 1 aliphatic heterocycles. The molecule has 170 valence electrons. The molecule has 0 spiro atoms. The van der Waals surface area contributed by atoms with Crippen molar-refractivity contribution < 1.29 is 19.0 Å². The zero-order chi connectivity index (χ0) is 22.3. The minimum atomic E-state index is -0.550. The fourth-order valence-electron chi connectivity index (χ4n) is 3.72. The van der Waals surface area contributed by atoms with Crippen LogP contribution in [0.2, 0.25) is 0 Å². The Balaban J connectivity index is 1.29. The van der Waals surface area contributed by atoms with Gasteiger partial charge in [0.15, 0.2) is 0 Å². The molecule has 1 aliphatic rings. The summed E-state index contributed by atoms with van der Waals surface area (Å²) in [6, 6.07) is 15.0. The predicted octanol–water partition coefficient (Wildman–Crippen LogP) is 3.70. The normalized spacial score (nSPS) is 16.4. The van der Waals surface area contributed by atoms with Gasteiger partial charge in [-0.25, -0.2) is 4.39 Å². The SMILES string of the molecule is CC(C)(C)c1ccc(OCCOC[C@H](O)CN2CCN(c3ccccc3F)CC2)cc1. The van der Waals surface area contributed by atoms with Crippen molar-refractivity contribution >= 4 is 5.69 Å². The minimum Gasteiger partial charge on any atom is -0.491 e. The molecule has 6 heteroatoms. The first-order chi connectivity index (χ1) is 14.8. The Hall–Kier alpha value is -2.15. The van der Waals surface area contributed by atoms with E-state index in [9.17, 15) is 9.50 Å². The van der Waals surface area contributed by atoms with E-state index in [4.69, 9.17) is 9.47 Å². The van der Waals surface area contributed by atoms with Gasteiger partial charge in [-0.3, -0.25) is 4.90 Å². The summed E-state index contributed by atoms with van der Waals surface area (Å²) >= 11 is 0. The maximum Gasteiger partial charge on any atom is 0.146 e. The van der Waals surface area contributed by atoms with Crippen LogP contribution in [0.15, 0.2) is 48.5 Å². The Morgan fingerprint density at radius 3 is 2.29 bits per heavy atom. The number of ether oxygens (including phenoxy) is 2. The molecule has 0 bridgehead atoms. The summed E-state index contributed by atoms with van der Waals surface area (Å²) in [5.41, 5.74) is 2.05. The molecule has 0 aromatic heterocycles. The first-order valence-corrected chi connectivity index (χ1v) is 11.0. The van der Waals surface area contributed by atoms with Crippen LogP contribution in [0.4, 0.5) is 10.1 Å². The second kappa shape index (κ2) is 10.9. The lowest BCUT2D eigenvalue weighted by Crippen LogP contribution is -2.49. The molecule has 1 heterocycles. The van der Waals surface area contributed by atoms with Gasteiger partial charge < -0.3 is 19.5 Å². The third kappa shape index (κ3) is 7.20. The van der Waals surface area contributed by atoms with Crippen molar-refractivity contribution in [2.75, 3.05) is 57.4 Å². The maximum atomic E-state index is 13.9. The van der Waals surface area contributed by atoms with Crippen molar-refractivity contribution in [3.8, 4) is 5.75 Å². The Bertz CT molecular complexity index is 799. The van der Waals surface area contributed by atoms with Crippen LogP contribution in [-0.2, 0) is 10.2 Å². The van der Waals surface area contributed by atoms with Gasteiger partial charge in [0.1, 0.15) is 18.2 Å². The van der Waals surface area contributed by atoms with Crippen molar-refractivity contribution in [3.63, 3.8) is 0 Å². The first kappa shape index (κ1) is 23.5. The summed E-state index contributed by atoms with van der Waals surface area (Å²) in [4.78, 5) is 4.25. The van der Waals surface area contributed by atoms with E-state index in [0.717, 1.165) is 31.9 Å². The summed E-state index contributed by atoms with van der Waals surface area (Å²) in [7, 11) is 0. The third-order valence-electron chi connectivity index (χ3n) is 5.56. The van der Waals surface area contributed by atoms with Crippen LogP contribution in [0.1, 0.15) is 26.3 Å². The molecule has 0 amide bonds. The summed E-state index contributed by atoms with van der Waals surface area (Å²) < 4.78 is 25.2. The Labute approximate surface area is 185 Å². The number of halogens is 1. The van der Waals surface area contributed by atoms with Crippen molar-refractivity contribution in [3.05, 3.63) is 59.9 Å². The van der Waals surface area contributed by atoms with E-state index in [-0.39, 0.29) is 17.8 Å². The van der Waals surface area contributed by atoms with E-state index < -0.39 is 6.10 Å². The Morgan fingerprint density at radius 1 is 0.968 bits per heavy atom. The van der Waals surface area contributed by atoms with Crippen LogP contribution in [0.5, 0.6) is 5.75 Å². The molecule has 0 radical (unpaired) electrons. The van der Waals surface area contributed by atoms with Crippen molar-refractivity contribution in [2.45, 2.75) is 32.3 Å². The summed E-state index contributed by atoms with van der Waals surface area (Å²) in [6.07, 6.45) is -0.550. The van der Waals surface area contributed by atoms with Crippen molar-refractivity contribution in [2.24, 2.45) is 0 Å². The highest BCUT2D eigenvalue weighted by molar-refractivity contribution is 5.48. The number of anilines is 1. The smallest absolute Gasteiger partial charge is 0.146 e. The second-order valence-electron chi connectivity index (χ2n) is 9.09. The lowest BCUT2D eigenvalue weighted by atomic mass is 9.87.